The predicted molar refractivity (Wildman–Crippen MR) is 284 cm³/mol. The molecule has 2 heterocycles. The normalized spacial score (nSPS) is 14.6. The van der Waals surface area contributed by atoms with Crippen molar-refractivity contribution in [1.82, 2.24) is 31.0 Å². The van der Waals surface area contributed by atoms with Gasteiger partial charge in [-0.25, -0.2) is 9.59 Å². The Morgan fingerprint density at radius 2 is 1.18 bits per heavy atom. The molecule has 2 aromatic heterocycles. The van der Waals surface area contributed by atoms with E-state index < -0.39 is 70.8 Å². The van der Waals surface area contributed by atoms with E-state index in [-0.39, 0.29) is 5.82 Å². The van der Waals surface area contributed by atoms with Crippen molar-refractivity contribution in [2.24, 2.45) is 10.8 Å². The van der Waals surface area contributed by atoms with Gasteiger partial charge in [0.05, 0.1) is 24.0 Å². The van der Waals surface area contributed by atoms with E-state index in [0.717, 1.165) is 51.8 Å². The highest BCUT2D eigenvalue weighted by atomic mass is 16.6. The van der Waals surface area contributed by atoms with Gasteiger partial charge in [0.25, 0.3) is 11.8 Å². The van der Waals surface area contributed by atoms with Gasteiger partial charge in [-0.15, -0.1) is 0 Å². The van der Waals surface area contributed by atoms with Crippen LogP contribution in [0.3, 0.4) is 0 Å². The van der Waals surface area contributed by atoms with Crippen LogP contribution in [-0.4, -0.2) is 78.9 Å². The number of amides is 4. The molecule has 0 unspecified atom stereocenters. The Kier molecular flexibility index (Phi) is 18.4. The first kappa shape index (κ1) is 55.0. The van der Waals surface area contributed by atoms with Crippen LogP contribution in [-0.2, 0) is 24.7 Å². The summed E-state index contributed by atoms with van der Waals surface area (Å²) >= 11 is 0. The summed E-state index contributed by atoms with van der Waals surface area (Å²) in [4.78, 5) is 53.8. The number of anilines is 2. The number of aromatic amines is 2. The van der Waals surface area contributed by atoms with E-state index in [9.17, 15) is 29.4 Å². The summed E-state index contributed by atoms with van der Waals surface area (Å²) in [5.74, 6) is -0.913. The molecule has 0 saturated heterocycles. The molecule has 16 heteroatoms. The molecule has 0 aliphatic carbocycles. The van der Waals surface area contributed by atoms with Crippen LogP contribution in [0, 0.1) is 10.8 Å². The minimum atomic E-state index is -1.61. The molecule has 0 radical (unpaired) electrons. The zero-order valence-electron chi connectivity index (χ0n) is 43.4. The molecule has 8 N–H and O–H groups in total. The lowest BCUT2D eigenvalue weighted by Gasteiger charge is -2.42. The number of nitrogens with zero attached hydrogens (tertiary/aromatic N) is 2. The number of carbonyl (C=O) groups excluding carboxylic acids is 4. The van der Waals surface area contributed by atoms with E-state index >= 15 is 0 Å². The molecular formula is C57H72N8O8. The summed E-state index contributed by atoms with van der Waals surface area (Å²) < 4.78 is 12.3. The second-order valence-electron chi connectivity index (χ2n) is 20.8. The Bertz CT molecular complexity index is 2750. The van der Waals surface area contributed by atoms with Gasteiger partial charge in [-0.2, -0.15) is 10.2 Å². The van der Waals surface area contributed by atoms with E-state index in [0.29, 0.717) is 37.2 Å². The molecule has 0 aliphatic rings. The van der Waals surface area contributed by atoms with Gasteiger partial charge in [0.2, 0.25) is 0 Å². The van der Waals surface area contributed by atoms with Crippen LogP contribution in [0.4, 0.5) is 21.2 Å². The number of ether oxygens (including phenoxy) is 2. The van der Waals surface area contributed by atoms with Crippen molar-refractivity contribution in [2.45, 2.75) is 137 Å². The predicted octanol–water partition coefficient (Wildman–Crippen LogP) is 11.1. The van der Waals surface area contributed by atoms with Gasteiger partial charge < -0.3 is 41.0 Å². The molecule has 0 saturated carbocycles. The largest absolute Gasteiger partial charge is 0.441 e. The van der Waals surface area contributed by atoms with E-state index in [4.69, 9.17) is 9.47 Å². The van der Waals surface area contributed by atoms with Crippen molar-refractivity contribution in [3.63, 3.8) is 0 Å². The van der Waals surface area contributed by atoms with Crippen LogP contribution in [0.25, 0.3) is 33.5 Å². The first-order valence-corrected chi connectivity index (χ1v) is 25.1. The fourth-order valence-corrected chi connectivity index (χ4v) is 8.50. The molecular weight excluding hydrogens is 925 g/mol. The summed E-state index contributed by atoms with van der Waals surface area (Å²) in [6, 6.07) is 34.7. The Labute approximate surface area is 428 Å². The van der Waals surface area contributed by atoms with E-state index in [1.165, 1.54) is 6.20 Å². The third-order valence-electron chi connectivity index (χ3n) is 13.2. The zero-order valence-corrected chi connectivity index (χ0v) is 43.4. The molecule has 0 spiro atoms. The van der Waals surface area contributed by atoms with E-state index in [1.807, 2.05) is 165 Å². The molecule has 4 aromatic carbocycles. The maximum Gasteiger partial charge on any atom is 0.408 e. The van der Waals surface area contributed by atoms with Crippen molar-refractivity contribution >= 4 is 35.6 Å². The number of alkyl carbamates (subject to hydrolysis) is 2. The molecule has 6 atom stereocenters. The van der Waals surface area contributed by atoms with Crippen molar-refractivity contribution < 1.29 is 38.9 Å². The molecule has 0 bridgehead atoms. The second-order valence-corrected chi connectivity index (χ2v) is 20.8. The minimum Gasteiger partial charge on any atom is -0.441 e. The third-order valence-corrected chi connectivity index (χ3v) is 13.2. The number of aliphatic hydroxyl groups is 2. The molecule has 388 valence electrons. The Morgan fingerprint density at radius 1 is 0.616 bits per heavy atom. The van der Waals surface area contributed by atoms with Gasteiger partial charge in [0.1, 0.15) is 17.5 Å². The average molecular weight is 997 g/mol. The standard InChI is InChI=1S/C57H72N8O8/c1-10-12-25-43(59-53(70)72-50(55(3,4)5)41-23-17-21-39(33-41)36-19-15-14-16-20-36)48(66)52(69)62-47-35-45(63-65-47)38-29-27-37(28-30-38)40-22-18-24-42(34-40)57(9,56(6,7)8)73-54(71)60-44(26-13-11-2)49(67)51(68)61-46-31-32-58-64-46/h14-24,27-35,43-44,48-50,66-67H,10-13,25-26H2,1-9H3,(H,59,70)(H,60,71)(H2,58,61,64,68)(H2,62,63,65,69)/t43-,44-,48+,49-,50-,57+/m0/s1. The number of hydrogen-bond acceptors (Lipinski definition) is 10. The highest BCUT2D eigenvalue weighted by Crippen LogP contribution is 2.44. The van der Waals surface area contributed by atoms with Crippen molar-refractivity contribution in [3.05, 3.63) is 133 Å². The topological polar surface area (TPSA) is 233 Å². The summed E-state index contributed by atoms with van der Waals surface area (Å²) in [6.45, 7) is 17.7. The second kappa shape index (κ2) is 24.4. The van der Waals surface area contributed by atoms with Crippen LogP contribution in [0.1, 0.15) is 118 Å². The Hall–Kier alpha value is -7.30. The smallest absolute Gasteiger partial charge is 0.408 e. The quantitative estimate of drug-likeness (QED) is 0.0340. The number of carbonyl (C=O) groups is 4. The maximum absolute atomic E-state index is 13.7. The molecule has 0 aliphatic heterocycles. The number of nitrogens with one attached hydrogen (secondary N) is 6. The Morgan fingerprint density at radius 3 is 1.77 bits per heavy atom. The molecule has 73 heavy (non-hydrogen) atoms. The van der Waals surface area contributed by atoms with E-state index in [2.05, 4.69) is 41.7 Å². The summed E-state index contributed by atoms with van der Waals surface area (Å²) in [7, 11) is 0. The monoisotopic (exact) mass is 997 g/mol. The molecule has 6 aromatic rings. The lowest BCUT2D eigenvalue weighted by Crippen LogP contribution is -2.51. The van der Waals surface area contributed by atoms with Crippen molar-refractivity contribution in [3.8, 4) is 33.5 Å². The number of aromatic nitrogens is 4. The van der Waals surface area contributed by atoms with Crippen LogP contribution in [0.15, 0.2) is 121 Å². The van der Waals surface area contributed by atoms with Gasteiger partial charge in [0, 0.05) is 23.0 Å². The number of unbranched alkanes of at least 4 members (excludes halogenated alkanes) is 2. The Balaban J connectivity index is 1.10. The molecule has 16 nitrogen and oxygen atoms in total. The first-order chi connectivity index (χ1) is 34.7. The third kappa shape index (κ3) is 14.4. The van der Waals surface area contributed by atoms with Crippen LogP contribution < -0.4 is 21.3 Å². The van der Waals surface area contributed by atoms with Crippen LogP contribution in [0.2, 0.25) is 0 Å². The first-order valence-electron chi connectivity index (χ1n) is 25.1. The number of benzene rings is 4. The van der Waals surface area contributed by atoms with Gasteiger partial charge >= 0.3 is 12.2 Å². The summed E-state index contributed by atoms with van der Waals surface area (Å²) in [5, 5.41) is 47.0. The summed E-state index contributed by atoms with van der Waals surface area (Å²) in [6.07, 6.45) is -0.274. The minimum absolute atomic E-state index is 0.188. The molecule has 4 amide bonds. The van der Waals surface area contributed by atoms with Gasteiger partial charge in [0.15, 0.2) is 18.0 Å². The van der Waals surface area contributed by atoms with Crippen LogP contribution in [0.5, 0.6) is 0 Å². The number of hydrogen-bond donors (Lipinski definition) is 8. The maximum atomic E-state index is 13.7. The lowest BCUT2D eigenvalue weighted by molar-refractivity contribution is -0.126. The average Bonchev–Trinajstić information content (AvgIpc) is 4.07. The zero-order chi connectivity index (χ0) is 52.9. The fraction of sp³-hybridized carbons (Fsp3) is 0.404. The molecule has 6 rings (SSSR count). The highest BCUT2D eigenvalue weighted by Gasteiger charge is 2.44. The van der Waals surface area contributed by atoms with Crippen molar-refractivity contribution in [2.75, 3.05) is 10.6 Å². The van der Waals surface area contributed by atoms with Crippen molar-refractivity contribution in [1.29, 1.82) is 0 Å². The lowest BCUT2D eigenvalue weighted by atomic mass is 9.73. The van der Waals surface area contributed by atoms with Gasteiger partial charge in [-0.1, -0.05) is 172 Å². The number of rotatable bonds is 21. The number of aliphatic hydroxyl groups excluding tert-OH is 2. The highest BCUT2D eigenvalue weighted by molar-refractivity contribution is 5.95. The van der Waals surface area contributed by atoms with Gasteiger partial charge in [-0.05, 0) is 70.8 Å². The van der Waals surface area contributed by atoms with E-state index in [1.54, 1.807) is 12.1 Å². The van der Waals surface area contributed by atoms with Gasteiger partial charge in [-0.3, -0.25) is 19.8 Å². The molecule has 0 fully saturated rings. The fourth-order valence-electron chi connectivity index (χ4n) is 8.50. The summed E-state index contributed by atoms with van der Waals surface area (Å²) in [5.41, 5.74) is 4.48. The SMILES string of the molecule is CCCC[C@H](NC(=O)O[C@](C)(c1cccc(-c2ccc(-c3cc(NC(=O)[C@H](O)[C@H](CCCC)NC(=O)O[C@@H](c4cccc(-c5ccccc5)c4)C(C)(C)C)n[nH]3)cc2)c1)C(C)(C)C)[C@H](O)C(=O)Nc1ccn[nH]1. The number of H-pyrrole nitrogens is 2. The van der Waals surface area contributed by atoms with Crippen LogP contribution >= 0.6 is 0 Å².